The summed E-state index contributed by atoms with van der Waals surface area (Å²) < 4.78 is 0. The van der Waals surface area contributed by atoms with Gasteiger partial charge in [0, 0.05) is 40.1 Å². The molecule has 1 heterocycles. The molecule has 0 saturated heterocycles. The Hall–Kier alpha value is -6.16. The Labute approximate surface area is 377 Å². The van der Waals surface area contributed by atoms with Crippen molar-refractivity contribution in [1.29, 1.82) is 0 Å². The second-order valence-electron chi connectivity index (χ2n) is 19.1. The summed E-state index contributed by atoms with van der Waals surface area (Å²) in [5, 5.41) is 5.29. The topological polar surface area (TPSA) is 15.3 Å². The molecule has 0 atom stereocenters. The van der Waals surface area contributed by atoms with Crippen LogP contribution in [0.15, 0.2) is 152 Å². The molecule has 1 N–H and O–H groups in total. The summed E-state index contributed by atoms with van der Waals surface area (Å²) >= 11 is 0. The Morgan fingerprint density at radius 2 is 1.00 bits per heavy atom. The van der Waals surface area contributed by atoms with Crippen LogP contribution in [0.1, 0.15) is 97.9 Å². The van der Waals surface area contributed by atoms with Crippen LogP contribution in [-0.4, -0.2) is 14.6 Å². The van der Waals surface area contributed by atoms with E-state index in [0.717, 1.165) is 43.6 Å². The van der Waals surface area contributed by atoms with Crippen LogP contribution in [0.5, 0.6) is 0 Å². The molecule has 3 aliphatic rings. The van der Waals surface area contributed by atoms with E-state index >= 15 is 0 Å². The van der Waals surface area contributed by atoms with E-state index in [-0.39, 0.29) is 10.8 Å². The number of para-hydroxylation sites is 2. The highest BCUT2D eigenvalue weighted by atomic mass is 28.3. The molecule has 0 radical (unpaired) electrons. The van der Waals surface area contributed by atoms with Gasteiger partial charge >= 0.3 is 0 Å². The van der Waals surface area contributed by atoms with E-state index in [4.69, 9.17) is 0 Å². The highest BCUT2D eigenvalue weighted by molar-refractivity contribution is 6.88. The first-order valence-corrected chi connectivity index (χ1v) is 26.9. The lowest BCUT2D eigenvalue weighted by Gasteiger charge is -2.32. The molecular weight excluding hydrogens is 777 g/mol. The number of rotatable bonds is 11. The normalized spacial score (nSPS) is 15.2. The van der Waals surface area contributed by atoms with E-state index in [1.807, 2.05) is 0 Å². The van der Waals surface area contributed by atoms with Crippen molar-refractivity contribution in [2.75, 3.05) is 16.8 Å². The summed E-state index contributed by atoms with van der Waals surface area (Å²) in [5.74, 6) is 0. The molecule has 10 rings (SSSR count). The van der Waals surface area contributed by atoms with Crippen LogP contribution in [0.3, 0.4) is 0 Å². The van der Waals surface area contributed by atoms with Crippen molar-refractivity contribution in [3.8, 4) is 22.3 Å². The van der Waals surface area contributed by atoms with Crippen LogP contribution < -0.4 is 15.4 Å². The fraction of sp³-hybridized carbons (Fsp3) is 0.233. The van der Waals surface area contributed by atoms with Crippen molar-refractivity contribution in [2.45, 2.75) is 83.8 Å². The summed E-state index contributed by atoms with van der Waals surface area (Å²) in [6.07, 6.45) is 11.3. The van der Waals surface area contributed by atoms with E-state index < -0.39 is 8.07 Å². The van der Waals surface area contributed by atoms with Crippen molar-refractivity contribution < 1.29 is 0 Å². The average molecular weight is 837 g/mol. The third-order valence-electron chi connectivity index (χ3n) is 15.0. The van der Waals surface area contributed by atoms with Crippen molar-refractivity contribution in [1.82, 2.24) is 0 Å². The summed E-state index contributed by atoms with van der Waals surface area (Å²) in [6, 6.07) is 57.4. The van der Waals surface area contributed by atoms with Crippen LogP contribution >= 0.6 is 0 Å². The number of hydrogen-bond acceptors (Lipinski definition) is 2. The van der Waals surface area contributed by atoms with Crippen molar-refractivity contribution in [3.05, 3.63) is 196 Å². The van der Waals surface area contributed by atoms with E-state index in [1.54, 1.807) is 0 Å². The predicted molar refractivity (Wildman–Crippen MR) is 276 cm³/mol. The molecule has 0 amide bonds. The van der Waals surface area contributed by atoms with Crippen molar-refractivity contribution >= 4 is 59.8 Å². The molecule has 0 spiro atoms. The molecule has 0 unspecified atom stereocenters. The molecule has 0 saturated carbocycles. The summed E-state index contributed by atoms with van der Waals surface area (Å²) in [5.41, 5.74) is 22.6. The first kappa shape index (κ1) is 40.9. The predicted octanol–water partition coefficient (Wildman–Crippen LogP) is 16.0. The molecule has 0 aromatic heterocycles. The minimum atomic E-state index is -1.38. The molecule has 3 heteroatoms. The lowest BCUT2D eigenvalue weighted by Crippen LogP contribution is -2.37. The molecule has 2 aliphatic carbocycles. The zero-order valence-corrected chi connectivity index (χ0v) is 39.1. The molecule has 7 aromatic carbocycles. The average Bonchev–Trinajstić information content (AvgIpc) is 3.76. The van der Waals surface area contributed by atoms with Crippen molar-refractivity contribution in [3.63, 3.8) is 0 Å². The monoisotopic (exact) mass is 836 g/mol. The minimum absolute atomic E-state index is 0.0199. The van der Waals surface area contributed by atoms with Crippen LogP contribution in [0.2, 0.25) is 19.6 Å². The highest BCUT2D eigenvalue weighted by Crippen LogP contribution is 2.56. The Morgan fingerprint density at radius 3 is 1.52 bits per heavy atom. The second kappa shape index (κ2) is 15.9. The summed E-state index contributed by atoms with van der Waals surface area (Å²) in [4.78, 5) is 2.39. The van der Waals surface area contributed by atoms with E-state index in [0.29, 0.717) is 0 Å². The smallest absolute Gasteiger partial charge is 0.0776 e. The van der Waals surface area contributed by atoms with Crippen molar-refractivity contribution in [2.24, 2.45) is 0 Å². The maximum atomic E-state index is 3.78. The van der Waals surface area contributed by atoms with Gasteiger partial charge in [0.25, 0.3) is 0 Å². The molecular formula is C60H60N2Si. The van der Waals surface area contributed by atoms with Gasteiger partial charge in [-0.05, 0) is 153 Å². The molecule has 0 fully saturated rings. The van der Waals surface area contributed by atoms with Gasteiger partial charge in [-0.2, -0.15) is 0 Å². The van der Waals surface area contributed by atoms with Gasteiger partial charge in [-0.1, -0.05) is 168 Å². The van der Waals surface area contributed by atoms with Crippen LogP contribution in [0.25, 0.3) is 46.1 Å². The number of fused-ring (bicyclic) bond motifs is 7. The Bertz CT molecular complexity index is 2880. The zero-order valence-electron chi connectivity index (χ0n) is 38.1. The van der Waals surface area contributed by atoms with Gasteiger partial charge in [0.15, 0.2) is 0 Å². The molecule has 314 valence electrons. The van der Waals surface area contributed by atoms with Gasteiger partial charge in [-0.15, -0.1) is 0 Å². The SMILES string of the molecule is CCC1(CC)c2cc(/C=C/c3ccc4c(c3)C(CC)(CC)c3cc(N(c5ccccc5)c5ccccc5)ccc3-4)ccc2-c2ccc(C3=Cc4ccc([Si](C)(C)C)cc4NC3)cc21. The van der Waals surface area contributed by atoms with Gasteiger partial charge in [0.05, 0.1) is 8.07 Å². The maximum Gasteiger partial charge on any atom is 0.0776 e. The molecule has 1 aliphatic heterocycles. The van der Waals surface area contributed by atoms with Crippen LogP contribution in [0, 0.1) is 0 Å². The highest BCUT2D eigenvalue weighted by Gasteiger charge is 2.42. The maximum absolute atomic E-state index is 3.78. The lowest BCUT2D eigenvalue weighted by atomic mass is 9.73. The largest absolute Gasteiger partial charge is 0.380 e. The van der Waals surface area contributed by atoms with Gasteiger partial charge in [-0.3, -0.25) is 0 Å². The van der Waals surface area contributed by atoms with E-state index in [2.05, 4.69) is 227 Å². The number of nitrogens with one attached hydrogen (secondary N) is 1. The van der Waals surface area contributed by atoms with Crippen LogP contribution in [-0.2, 0) is 10.8 Å². The van der Waals surface area contributed by atoms with Gasteiger partial charge in [0.1, 0.15) is 0 Å². The Balaban J connectivity index is 0.957. The van der Waals surface area contributed by atoms with E-state index in [9.17, 15) is 0 Å². The number of nitrogens with zero attached hydrogens (tertiary/aromatic N) is 1. The third kappa shape index (κ3) is 6.75. The number of hydrogen-bond donors (Lipinski definition) is 1. The minimum Gasteiger partial charge on any atom is -0.380 e. The van der Waals surface area contributed by atoms with Gasteiger partial charge < -0.3 is 10.2 Å². The molecule has 2 nitrogen and oxygen atoms in total. The third-order valence-corrected chi connectivity index (χ3v) is 17.1. The fourth-order valence-corrected chi connectivity index (χ4v) is 12.5. The van der Waals surface area contributed by atoms with E-state index in [1.165, 1.54) is 88.9 Å². The van der Waals surface area contributed by atoms with Gasteiger partial charge in [0.2, 0.25) is 0 Å². The Morgan fingerprint density at radius 1 is 0.508 bits per heavy atom. The molecule has 0 bridgehead atoms. The number of benzene rings is 7. The zero-order chi connectivity index (χ0) is 43.5. The quantitative estimate of drug-likeness (QED) is 0.103. The van der Waals surface area contributed by atoms with Gasteiger partial charge in [-0.25, -0.2) is 0 Å². The summed E-state index contributed by atoms with van der Waals surface area (Å²) in [6.45, 7) is 17.6. The first-order chi connectivity index (χ1) is 30.6. The second-order valence-corrected chi connectivity index (χ2v) is 24.2. The lowest BCUT2D eigenvalue weighted by molar-refractivity contribution is 0.490. The molecule has 63 heavy (non-hydrogen) atoms. The van der Waals surface area contributed by atoms with Crippen LogP contribution in [0.4, 0.5) is 22.7 Å². The fourth-order valence-electron chi connectivity index (χ4n) is 11.3. The standard InChI is InChI=1S/C60H60N2Si/c1-8-59(9-2)54-34-41(24-30-50(54)52-32-27-43(37-56(52)59)45-36-44-26-29-49(63(5,6)7)39-58(44)61-40-45)22-23-42-25-31-51-53-33-28-48(38-57(53)60(10-3,11-4)55(51)35-42)62(46-18-14-12-15-19-46)47-20-16-13-17-21-47/h12-39,61H,8-11,40H2,1-7H3/b23-22+. The Kier molecular flexibility index (Phi) is 10.3. The summed E-state index contributed by atoms with van der Waals surface area (Å²) in [7, 11) is -1.38. The first-order valence-electron chi connectivity index (χ1n) is 23.4. The molecule has 7 aromatic rings. The number of anilines is 4.